The van der Waals surface area contributed by atoms with Gasteiger partial charge in [0.2, 0.25) is 0 Å². The highest BCUT2D eigenvalue weighted by molar-refractivity contribution is 6.33. The van der Waals surface area contributed by atoms with Crippen molar-refractivity contribution in [2.24, 2.45) is 7.05 Å². The largest absolute Gasteiger partial charge is 0.493 e. The second-order valence-corrected chi connectivity index (χ2v) is 4.33. The lowest BCUT2D eigenvalue weighted by Gasteiger charge is -2.12. The molecule has 0 amide bonds. The van der Waals surface area contributed by atoms with Crippen LogP contribution in [0.4, 0.5) is 5.69 Å². The molecule has 1 N–H and O–H groups in total. The summed E-state index contributed by atoms with van der Waals surface area (Å²) in [4.78, 5) is 0. The standard InChI is InChI=1S/C12H15ClN4O2/c1-17-7-8(15-16-17)6-14-10-5-12(19-3)11(18-2)4-9(10)13/h4-5,7,14H,6H2,1-3H3. The molecule has 102 valence electrons. The third-order valence-electron chi connectivity index (χ3n) is 2.58. The molecule has 2 aromatic rings. The monoisotopic (exact) mass is 282 g/mol. The van der Waals surface area contributed by atoms with Crippen LogP contribution in [0.3, 0.4) is 0 Å². The van der Waals surface area contributed by atoms with E-state index in [4.69, 9.17) is 21.1 Å². The predicted molar refractivity (Wildman–Crippen MR) is 72.9 cm³/mol. The summed E-state index contributed by atoms with van der Waals surface area (Å²) < 4.78 is 12.1. The van der Waals surface area contributed by atoms with Gasteiger partial charge in [-0.25, -0.2) is 0 Å². The summed E-state index contributed by atoms with van der Waals surface area (Å²) in [5.41, 5.74) is 1.58. The van der Waals surface area contributed by atoms with Crippen molar-refractivity contribution in [3.8, 4) is 11.5 Å². The van der Waals surface area contributed by atoms with Crippen molar-refractivity contribution in [2.45, 2.75) is 6.54 Å². The topological polar surface area (TPSA) is 61.2 Å². The van der Waals surface area contributed by atoms with E-state index in [2.05, 4.69) is 15.6 Å². The molecule has 1 aromatic carbocycles. The second-order valence-electron chi connectivity index (χ2n) is 3.92. The van der Waals surface area contributed by atoms with Crippen LogP contribution in [-0.4, -0.2) is 29.2 Å². The summed E-state index contributed by atoms with van der Waals surface area (Å²) >= 11 is 6.17. The van der Waals surface area contributed by atoms with E-state index in [-0.39, 0.29) is 0 Å². The lowest BCUT2D eigenvalue weighted by Crippen LogP contribution is -2.01. The highest BCUT2D eigenvalue weighted by Crippen LogP contribution is 2.36. The molecule has 0 saturated heterocycles. The Labute approximate surface area is 116 Å². The Balaban J connectivity index is 2.15. The predicted octanol–water partition coefficient (Wildman–Crippen LogP) is 2.10. The van der Waals surface area contributed by atoms with E-state index in [0.717, 1.165) is 11.4 Å². The summed E-state index contributed by atoms with van der Waals surface area (Å²) in [5, 5.41) is 11.6. The van der Waals surface area contributed by atoms with Gasteiger partial charge in [-0.15, -0.1) is 5.10 Å². The van der Waals surface area contributed by atoms with Crippen LogP contribution in [0, 0.1) is 0 Å². The molecular formula is C12H15ClN4O2. The van der Waals surface area contributed by atoms with E-state index in [1.54, 1.807) is 31.0 Å². The average Bonchev–Trinajstić information content (AvgIpc) is 2.82. The Kier molecular flexibility index (Phi) is 4.11. The van der Waals surface area contributed by atoms with Crippen molar-refractivity contribution in [3.05, 3.63) is 29.0 Å². The first-order valence-corrected chi connectivity index (χ1v) is 6.02. The van der Waals surface area contributed by atoms with Crippen LogP contribution in [0.2, 0.25) is 5.02 Å². The maximum Gasteiger partial charge on any atom is 0.162 e. The van der Waals surface area contributed by atoms with Gasteiger partial charge >= 0.3 is 0 Å². The van der Waals surface area contributed by atoms with Crippen LogP contribution in [0.5, 0.6) is 11.5 Å². The zero-order chi connectivity index (χ0) is 13.8. The maximum absolute atomic E-state index is 6.17. The summed E-state index contributed by atoms with van der Waals surface area (Å²) in [6.45, 7) is 0.531. The number of aromatic nitrogens is 3. The quantitative estimate of drug-likeness (QED) is 0.910. The van der Waals surface area contributed by atoms with Gasteiger partial charge in [-0.1, -0.05) is 16.8 Å². The first-order chi connectivity index (χ1) is 9.13. The van der Waals surface area contributed by atoms with Gasteiger partial charge in [0.1, 0.15) is 5.69 Å². The van der Waals surface area contributed by atoms with E-state index in [1.165, 1.54) is 0 Å². The van der Waals surface area contributed by atoms with Gasteiger partial charge in [0, 0.05) is 25.4 Å². The number of anilines is 1. The SMILES string of the molecule is COc1cc(Cl)c(NCc2cn(C)nn2)cc1OC. The lowest BCUT2D eigenvalue weighted by molar-refractivity contribution is 0.355. The number of hydrogen-bond acceptors (Lipinski definition) is 5. The van der Waals surface area contributed by atoms with Crippen LogP contribution in [-0.2, 0) is 13.6 Å². The molecule has 19 heavy (non-hydrogen) atoms. The number of nitrogens with one attached hydrogen (secondary N) is 1. The Hall–Kier alpha value is -1.95. The fourth-order valence-electron chi connectivity index (χ4n) is 1.65. The molecular weight excluding hydrogens is 268 g/mol. The molecule has 7 heteroatoms. The van der Waals surface area contributed by atoms with Gasteiger partial charge in [0.05, 0.1) is 31.5 Å². The number of aryl methyl sites for hydroxylation is 1. The Bertz CT molecular complexity index is 571. The number of rotatable bonds is 5. The zero-order valence-corrected chi connectivity index (χ0v) is 11.7. The maximum atomic E-state index is 6.17. The second kappa shape index (κ2) is 5.79. The van der Waals surface area contributed by atoms with Gasteiger partial charge < -0.3 is 14.8 Å². The minimum absolute atomic E-state index is 0.531. The van der Waals surface area contributed by atoms with E-state index in [9.17, 15) is 0 Å². The van der Waals surface area contributed by atoms with Gasteiger partial charge in [-0.3, -0.25) is 4.68 Å². The molecule has 0 aliphatic rings. The normalized spacial score (nSPS) is 10.3. The molecule has 0 radical (unpaired) electrons. The van der Waals surface area contributed by atoms with Gasteiger partial charge in [0.15, 0.2) is 11.5 Å². The zero-order valence-electron chi connectivity index (χ0n) is 11.0. The highest BCUT2D eigenvalue weighted by atomic mass is 35.5. The van der Waals surface area contributed by atoms with E-state index >= 15 is 0 Å². The molecule has 0 spiro atoms. The van der Waals surface area contributed by atoms with Gasteiger partial charge in [-0.05, 0) is 0 Å². The molecule has 2 rings (SSSR count). The molecule has 0 bridgehead atoms. The average molecular weight is 283 g/mol. The molecule has 0 atom stereocenters. The molecule has 0 aliphatic heterocycles. The van der Waals surface area contributed by atoms with Gasteiger partial charge in [-0.2, -0.15) is 0 Å². The Morgan fingerprint density at radius 3 is 2.53 bits per heavy atom. The summed E-state index contributed by atoms with van der Waals surface area (Å²) in [6.07, 6.45) is 1.83. The number of halogens is 1. The van der Waals surface area contributed by atoms with Crippen molar-refractivity contribution in [3.63, 3.8) is 0 Å². The van der Waals surface area contributed by atoms with Crippen molar-refractivity contribution in [1.29, 1.82) is 0 Å². The Morgan fingerprint density at radius 1 is 1.26 bits per heavy atom. The number of hydrogen-bond donors (Lipinski definition) is 1. The van der Waals surface area contributed by atoms with Crippen LogP contribution < -0.4 is 14.8 Å². The van der Waals surface area contributed by atoms with Gasteiger partial charge in [0.25, 0.3) is 0 Å². The van der Waals surface area contributed by atoms with E-state index < -0.39 is 0 Å². The third kappa shape index (κ3) is 3.08. The van der Waals surface area contributed by atoms with Crippen molar-refractivity contribution >= 4 is 17.3 Å². The minimum Gasteiger partial charge on any atom is -0.493 e. The first-order valence-electron chi connectivity index (χ1n) is 5.64. The van der Waals surface area contributed by atoms with E-state index in [1.807, 2.05) is 13.2 Å². The fourth-order valence-corrected chi connectivity index (χ4v) is 1.87. The van der Waals surface area contributed by atoms with Crippen LogP contribution >= 0.6 is 11.6 Å². The number of methoxy groups -OCH3 is 2. The van der Waals surface area contributed by atoms with Crippen molar-refractivity contribution in [1.82, 2.24) is 15.0 Å². The smallest absolute Gasteiger partial charge is 0.162 e. The van der Waals surface area contributed by atoms with Crippen molar-refractivity contribution in [2.75, 3.05) is 19.5 Å². The molecule has 0 unspecified atom stereocenters. The lowest BCUT2D eigenvalue weighted by atomic mass is 10.2. The molecule has 0 aliphatic carbocycles. The number of nitrogens with zero attached hydrogens (tertiary/aromatic N) is 3. The summed E-state index contributed by atoms with van der Waals surface area (Å²) in [5.74, 6) is 1.21. The van der Waals surface area contributed by atoms with Crippen LogP contribution in [0.25, 0.3) is 0 Å². The van der Waals surface area contributed by atoms with Crippen LogP contribution in [0.15, 0.2) is 18.3 Å². The molecule has 0 fully saturated rings. The van der Waals surface area contributed by atoms with E-state index in [0.29, 0.717) is 23.1 Å². The Morgan fingerprint density at radius 2 is 1.95 bits per heavy atom. The summed E-state index contributed by atoms with van der Waals surface area (Å²) in [7, 11) is 4.97. The van der Waals surface area contributed by atoms with Crippen molar-refractivity contribution < 1.29 is 9.47 Å². The number of ether oxygens (including phenoxy) is 2. The first kappa shape index (κ1) is 13.5. The molecule has 1 heterocycles. The minimum atomic E-state index is 0.531. The number of benzene rings is 1. The third-order valence-corrected chi connectivity index (χ3v) is 2.90. The fraction of sp³-hybridized carbons (Fsp3) is 0.333. The van der Waals surface area contributed by atoms with Crippen LogP contribution in [0.1, 0.15) is 5.69 Å². The summed E-state index contributed by atoms with van der Waals surface area (Å²) in [6, 6.07) is 3.50. The highest BCUT2D eigenvalue weighted by Gasteiger charge is 2.10. The molecule has 1 aromatic heterocycles. The molecule has 0 saturated carbocycles. The molecule has 6 nitrogen and oxygen atoms in total.